The molecule has 0 saturated carbocycles. The maximum atomic E-state index is 5.59. The molecule has 0 atom stereocenters. The van der Waals surface area contributed by atoms with Gasteiger partial charge in [0.25, 0.3) is 0 Å². The molecule has 20 heavy (non-hydrogen) atoms. The minimum Gasteiger partial charge on any atom is -0.377 e. The molecule has 0 aromatic heterocycles. The molecule has 0 aliphatic heterocycles. The molecule has 0 amide bonds. The van der Waals surface area contributed by atoms with Gasteiger partial charge in [0.2, 0.25) is 0 Å². The van der Waals surface area contributed by atoms with Crippen LogP contribution < -0.4 is 5.14 Å². The smallest absolute Gasteiger partial charge is 0.377 e. The third kappa shape index (κ3) is 5.39. The molecule has 0 spiro atoms. The predicted octanol–water partition coefficient (Wildman–Crippen LogP) is 4.21. The summed E-state index contributed by atoms with van der Waals surface area (Å²) in [5.41, 5.74) is 0. The van der Waals surface area contributed by atoms with E-state index < -0.39 is 8.80 Å². The number of hydrogen-bond acceptors (Lipinski definition) is 7. The fourth-order valence-electron chi connectivity index (χ4n) is 2.47. The molecule has 0 aliphatic rings. The van der Waals surface area contributed by atoms with E-state index >= 15 is 0 Å². The SMILES string of the molecule is CO[Si](CCC(SSSN)(C(C)C)C(C)C)(OC)OC. The van der Waals surface area contributed by atoms with E-state index in [0.29, 0.717) is 11.8 Å². The van der Waals surface area contributed by atoms with Crippen LogP contribution in [-0.4, -0.2) is 34.9 Å². The first kappa shape index (κ1) is 21.1. The lowest BCUT2D eigenvalue weighted by atomic mass is 9.82. The van der Waals surface area contributed by atoms with Gasteiger partial charge in [0, 0.05) is 32.1 Å². The summed E-state index contributed by atoms with van der Waals surface area (Å²) in [6.45, 7) is 9.07. The maximum absolute atomic E-state index is 5.59. The lowest BCUT2D eigenvalue weighted by Crippen LogP contribution is -2.46. The Balaban J connectivity index is 5.05. The van der Waals surface area contributed by atoms with Crippen LogP contribution in [0.2, 0.25) is 6.04 Å². The average Bonchev–Trinajstić information content (AvgIpc) is 2.43. The molecule has 122 valence electrons. The van der Waals surface area contributed by atoms with Crippen molar-refractivity contribution in [1.29, 1.82) is 0 Å². The van der Waals surface area contributed by atoms with E-state index in [2.05, 4.69) is 27.7 Å². The van der Waals surface area contributed by atoms with Gasteiger partial charge < -0.3 is 13.3 Å². The summed E-state index contributed by atoms with van der Waals surface area (Å²) in [7, 11) is 7.32. The van der Waals surface area contributed by atoms with Crippen molar-refractivity contribution in [2.24, 2.45) is 17.0 Å². The highest BCUT2D eigenvalue weighted by Crippen LogP contribution is 2.52. The molecule has 0 aliphatic carbocycles. The molecule has 2 N–H and O–H groups in total. The average molecular weight is 360 g/mol. The molecular formula is C12H29NO3S3Si. The fraction of sp³-hybridized carbons (Fsp3) is 1.00. The van der Waals surface area contributed by atoms with Crippen LogP contribution in [-0.2, 0) is 13.3 Å². The summed E-state index contributed by atoms with van der Waals surface area (Å²) >= 11 is 0. The number of hydrogen-bond donors (Lipinski definition) is 1. The predicted molar refractivity (Wildman–Crippen MR) is 95.6 cm³/mol. The van der Waals surface area contributed by atoms with Crippen LogP contribution in [0.1, 0.15) is 34.1 Å². The standard InChI is InChI=1S/C12H29NO3S3Si/c1-10(2)12(11(3)4,17-19-18-13)8-9-20(14-5,15-6)16-7/h10-11H,8-9,13H2,1-7H3. The van der Waals surface area contributed by atoms with Gasteiger partial charge in [-0.15, -0.1) is 0 Å². The first-order valence-electron chi connectivity index (χ1n) is 6.70. The van der Waals surface area contributed by atoms with Gasteiger partial charge >= 0.3 is 8.80 Å². The van der Waals surface area contributed by atoms with Crippen molar-refractivity contribution in [1.82, 2.24) is 0 Å². The largest absolute Gasteiger partial charge is 0.500 e. The zero-order chi connectivity index (χ0) is 15.8. The second kappa shape index (κ2) is 9.99. The molecule has 0 heterocycles. The Bertz CT molecular complexity index is 250. The van der Waals surface area contributed by atoms with Gasteiger partial charge in [0.1, 0.15) is 0 Å². The van der Waals surface area contributed by atoms with Gasteiger partial charge in [0.15, 0.2) is 0 Å². The molecule has 0 fully saturated rings. The Morgan fingerprint density at radius 1 is 1.00 bits per heavy atom. The summed E-state index contributed by atoms with van der Waals surface area (Å²) < 4.78 is 16.8. The molecule has 0 radical (unpaired) electrons. The third-order valence-corrected chi connectivity index (χ3v) is 11.0. The highest BCUT2D eigenvalue weighted by Gasteiger charge is 2.45. The molecule has 0 unspecified atom stereocenters. The van der Waals surface area contributed by atoms with Gasteiger partial charge in [-0.1, -0.05) is 38.5 Å². The second-order valence-corrected chi connectivity index (χ2v) is 12.4. The van der Waals surface area contributed by atoms with Gasteiger partial charge in [0.05, 0.1) is 0 Å². The van der Waals surface area contributed by atoms with E-state index in [9.17, 15) is 0 Å². The summed E-state index contributed by atoms with van der Waals surface area (Å²) in [6, 6.07) is 0.815. The first-order valence-corrected chi connectivity index (χ1v) is 12.2. The normalized spacial score (nSPS) is 13.5. The van der Waals surface area contributed by atoms with Gasteiger partial charge in [-0.25, -0.2) is 0 Å². The topological polar surface area (TPSA) is 53.7 Å². The van der Waals surface area contributed by atoms with Gasteiger partial charge in [-0.05, 0) is 39.1 Å². The Morgan fingerprint density at radius 3 is 1.75 bits per heavy atom. The van der Waals surface area contributed by atoms with E-state index in [-0.39, 0.29) is 4.75 Å². The van der Waals surface area contributed by atoms with Crippen molar-refractivity contribution in [3.63, 3.8) is 0 Å². The van der Waals surface area contributed by atoms with E-state index in [4.69, 9.17) is 18.4 Å². The number of nitrogens with two attached hydrogens (primary N) is 1. The minimum absolute atomic E-state index is 0.130. The highest BCUT2D eigenvalue weighted by molar-refractivity contribution is 9.09. The Kier molecular flexibility index (Phi) is 10.5. The van der Waals surface area contributed by atoms with Crippen LogP contribution in [0.5, 0.6) is 0 Å². The molecule has 8 heteroatoms. The summed E-state index contributed by atoms with van der Waals surface area (Å²) in [4.78, 5) is 0. The molecule has 0 saturated heterocycles. The summed E-state index contributed by atoms with van der Waals surface area (Å²) in [6.07, 6.45) is 0.988. The minimum atomic E-state index is -2.52. The third-order valence-electron chi connectivity index (χ3n) is 3.94. The monoisotopic (exact) mass is 359 g/mol. The molecule has 4 nitrogen and oxygen atoms in total. The Labute approximate surface area is 136 Å². The summed E-state index contributed by atoms with van der Waals surface area (Å²) in [5.74, 6) is 1.06. The molecule has 0 rings (SSSR count). The van der Waals surface area contributed by atoms with Gasteiger partial charge in [-0.3, -0.25) is 5.14 Å². The van der Waals surface area contributed by atoms with Gasteiger partial charge in [-0.2, -0.15) is 0 Å². The van der Waals surface area contributed by atoms with Crippen LogP contribution in [0, 0.1) is 11.8 Å². The highest BCUT2D eigenvalue weighted by atomic mass is 33.5. The first-order chi connectivity index (χ1) is 9.34. The zero-order valence-electron chi connectivity index (χ0n) is 13.6. The summed E-state index contributed by atoms with van der Waals surface area (Å²) in [5, 5.41) is 5.59. The Morgan fingerprint density at radius 2 is 1.45 bits per heavy atom. The lowest BCUT2D eigenvalue weighted by Gasteiger charge is -2.41. The van der Waals surface area contributed by atoms with Crippen molar-refractivity contribution >= 4 is 40.4 Å². The van der Waals surface area contributed by atoms with Crippen molar-refractivity contribution in [3.05, 3.63) is 0 Å². The lowest BCUT2D eigenvalue weighted by molar-refractivity contribution is 0.120. The van der Waals surface area contributed by atoms with Crippen LogP contribution in [0.4, 0.5) is 0 Å². The van der Waals surface area contributed by atoms with Crippen molar-refractivity contribution in [2.75, 3.05) is 21.3 Å². The van der Waals surface area contributed by atoms with Crippen LogP contribution in [0.25, 0.3) is 0 Å². The molecule has 0 aromatic carbocycles. The second-order valence-electron chi connectivity index (χ2n) is 5.31. The van der Waals surface area contributed by atoms with Crippen molar-refractivity contribution in [3.8, 4) is 0 Å². The zero-order valence-corrected chi connectivity index (χ0v) is 17.0. The Hall–Kier alpha value is 1.11. The fourth-order valence-corrected chi connectivity index (χ4v) is 8.61. The van der Waals surface area contributed by atoms with E-state index in [1.807, 2.05) is 10.8 Å². The maximum Gasteiger partial charge on any atom is 0.500 e. The van der Waals surface area contributed by atoms with E-state index in [0.717, 1.165) is 12.5 Å². The number of rotatable bonds is 11. The van der Waals surface area contributed by atoms with Crippen molar-refractivity contribution < 1.29 is 13.3 Å². The quantitative estimate of drug-likeness (QED) is 0.337. The molecule has 0 aromatic rings. The van der Waals surface area contributed by atoms with E-state index in [1.165, 1.54) is 11.0 Å². The van der Waals surface area contributed by atoms with E-state index in [1.54, 1.807) is 31.2 Å². The van der Waals surface area contributed by atoms with Crippen LogP contribution >= 0.6 is 31.6 Å². The van der Waals surface area contributed by atoms with Crippen LogP contribution in [0.15, 0.2) is 0 Å². The van der Waals surface area contributed by atoms with Crippen LogP contribution in [0.3, 0.4) is 0 Å². The molecular weight excluding hydrogens is 330 g/mol. The molecule has 0 bridgehead atoms. The van der Waals surface area contributed by atoms with Crippen molar-refractivity contribution in [2.45, 2.75) is 44.9 Å².